The lowest BCUT2D eigenvalue weighted by Gasteiger charge is -2.21. The minimum atomic E-state index is -0.762. The van der Waals surface area contributed by atoms with E-state index in [1.54, 1.807) is 6.07 Å². The van der Waals surface area contributed by atoms with Crippen LogP contribution in [0, 0.1) is 5.92 Å². The first kappa shape index (κ1) is 28.2. The molecule has 0 radical (unpaired) electrons. The lowest BCUT2D eigenvalue weighted by Crippen LogP contribution is -2.38. The molecule has 0 fully saturated rings. The SMILES string of the molecule is COC(=O)N(C)CCN(C)C(=O)Oc1ccc(COC(C)=O)cc1C(=O)CCCC1C(=O)C=CC1=O. The molecular formula is C25H30N2O9. The number of nitrogens with zero attached hydrogens (tertiary/aromatic N) is 2. The molecule has 1 aromatic rings. The van der Waals surface area contributed by atoms with Crippen LogP contribution in [0.5, 0.6) is 5.75 Å². The molecule has 11 nitrogen and oxygen atoms in total. The molecule has 194 valence electrons. The second-order valence-electron chi connectivity index (χ2n) is 8.30. The van der Waals surface area contributed by atoms with E-state index in [9.17, 15) is 28.8 Å². The van der Waals surface area contributed by atoms with Gasteiger partial charge in [-0.25, -0.2) is 9.59 Å². The third-order valence-corrected chi connectivity index (χ3v) is 5.55. The Bertz CT molecular complexity index is 1050. The van der Waals surface area contributed by atoms with E-state index < -0.39 is 24.1 Å². The number of Topliss-reactive ketones (excluding diaryl/α,β-unsaturated/α-hetero) is 1. The van der Waals surface area contributed by atoms with Gasteiger partial charge in [0.2, 0.25) is 0 Å². The number of rotatable bonds is 11. The van der Waals surface area contributed by atoms with Crippen molar-refractivity contribution in [1.82, 2.24) is 9.80 Å². The maximum absolute atomic E-state index is 13.0. The van der Waals surface area contributed by atoms with Gasteiger partial charge in [-0.05, 0) is 42.7 Å². The summed E-state index contributed by atoms with van der Waals surface area (Å²) in [5.41, 5.74) is 0.627. The van der Waals surface area contributed by atoms with E-state index in [2.05, 4.69) is 4.74 Å². The van der Waals surface area contributed by atoms with Crippen LogP contribution in [0.15, 0.2) is 30.4 Å². The highest BCUT2D eigenvalue weighted by Crippen LogP contribution is 2.25. The summed E-state index contributed by atoms with van der Waals surface area (Å²) in [6.45, 7) is 1.53. The Morgan fingerprint density at radius 3 is 2.14 bits per heavy atom. The number of hydrogen-bond donors (Lipinski definition) is 0. The van der Waals surface area contributed by atoms with Gasteiger partial charge in [-0.15, -0.1) is 0 Å². The quantitative estimate of drug-likeness (QED) is 0.254. The third kappa shape index (κ3) is 8.03. The van der Waals surface area contributed by atoms with E-state index in [1.165, 1.54) is 62.2 Å². The van der Waals surface area contributed by atoms with E-state index >= 15 is 0 Å². The van der Waals surface area contributed by atoms with E-state index in [4.69, 9.17) is 9.47 Å². The van der Waals surface area contributed by atoms with Crippen molar-refractivity contribution in [2.24, 2.45) is 5.92 Å². The highest BCUT2D eigenvalue weighted by molar-refractivity contribution is 6.18. The molecule has 1 aliphatic carbocycles. The number of esters is 1. The molecule has 0 N–H and O–H groups in total. The average Bonchev–Trinajstić information content (AvgIpc) is 3.17. The fourth-order valence-electron chi connectivity index (χ4n) is 3.39. The Balaban J connectivity index is 2.09. The van der Waals surface area contributed by atoms with E-state index in [0.717, 1.165) is 0 Å². The largest absolute Gasteiger partial charge is 0.461 e. The first-order valence-corrected chi connectivity index (χ1v) is 11.3. The Morgan fingerprint density at radius 2 is 1.56 bits per heavy atom. The number of carbonyl (C=O) groups excluding carboxylic acids is 6. The minimum absolute atomic E-state index is 0.0123. The van der Waals surface area contributed by atoms with Gasteiger partial charge in [0.1, 0.15) is 12.4 Å². The van der Waals surface area contributed by atoms with Crippen molar-refractivity contribution < 1.29 is 43.0 Å². The molecular weight excluding hydrogens is 472 g/mol. The highest BCUT2D eigenvalue weighted by Gasteiger charge is 2.28. The lowest BCUT2D eigenvalue weighted by atomic mass is 9.95. The zero-order valence-electron chi connectivity index (χ0n) is 20.8. The predicted octanol–water partition coefficient (Wildman–Crippen LogP) is 2.56. The molecule has 1 aromatic carbocycles. The van der Waals surface area contributed by atoms with Gasteiger partial charge in [-0.3, -0.25) is 19.2 Å². The molecule has 1 aliphatic rings. The maximum Gasteiger partial charge on any atom is 0.415 e. The summed E-state index contributed by atoms with van der Waals surface area (Å²) in [5.74, 6) is -2.14. The van der Waals surface area contributed by atoms with Gasteiger partial charge in [-0.2, -0.15) is 0 Å². The van der Waals surface area contributed by atoms with E-state index in [0.29, 0.717) is 5.56 Å². The van der Waals surface area contributed by atoms with Gasteiger partial charge in [0.25, 0.3) is 0 Å². The molecule has 0 saturated heterocycles. The number of hydrogen-bond acceptors (Lipinski definition) is 9. The average molecular weight is 503 g/mol. The van der Waals surface area contributed by atoms with Crippen molar-refractivity contribution in [3.8, 4) is 5.75 Å². The summed E-state index contributed by atoms with van der Waals surface area (Å²) >= 11 is 0. The van der Waals surface area contributed by atoms with Gasteiger partial charge in [0.15, 0.2) is 17.3 Å². The van der Waals surface area contributed by atoms with Gasteiger partial charge < -0.3 is 24.0 Å². The van der Waals surface area contributed by atoms with Crippen LogP contribution in [0.3, 0.4) is 0 Å². The zero-order valence-corrected chi connectivity index (χ0v) is 20.8. The monoisotopic (exact) mass is 502 g/mol. The summed E-state index contributed by atoms with van der Waals surface area (Å²) in [7, 11) is 4.25. The molecule has 0 atom stereocenters. The summed E-state index contributed by atoms with van der Waals surface area (Å²) in [5, 5.41) is 0. The first-order chi connectivity index (χ1) is 17.0. The third-order valence-electron chi connectivity index (χ3n) is 5.55. The molecule has 0 unspecified atom stereocenters. The summed E-state index contributed by atoms with van der Waals surface area (Å²) in [6.07, 6.45) is 1.71. The zero-order chi connectivity index (χ0) is 26.8. The fourth-order valence-corrected chi connectivity index (χ4v) is 3.39. The molecule has 2 amide bonds. The number of allylic oxidation sites excluding steroid dienone is 2. The number of carbonyl (C=O) groups is 6. The number of ether oxygens (including phenoxy) is 3. The molecule has 0 bridgehead atoms. The molecule has 0 aromatic heterocycles. The first-order valence-electron chi connectivity index (χ1n) is 11.3. The van der Waals surface area contributed by atoms with Crippen molar-refractivity contribution in [2.45, 2.75) is 32.8 Å². The van der Waals surface area contributed by atoms with Gasteiger partial charge >= 0.3 is 18.2 Å². The molecule has 0 spiro atoms. The molecule has 11 heteroatoms. The van der Waals surface area contributed by atoms with E-state index in [1.807, 2.05) is 0 Å². The lowest BCUT2D eigenvalue weighted by molar-refractivity contribution is -0.142. The molecule has 0 heterocycles. The van der Waals surface area contributed by atoms with Crippen molar-refractivity contribution >= 4 is 35.5 Å². The normalized spacial score (nSPS) is 12.9. The topological polar surface area (TPSA) is 137 Å². The van der Waals surface area contributed by atoms with Crippen LogP contribution in [-0.4, -0.2) is 79.6 Å². The van der Waals surface area contributed by atoms with Gasteiger partial charge in [-0.1, -0.05) is 6.07 Å². The van der Waals surface area contributed by atoms with Crippen molar-refractivity contribution in [3.63, 3.8) is 0 Å². The Labute approximate surface area is 208 Å². The number of amides is 2. The molecule has 36 heavy (non-hydrogen) atoms. The van der Waals surface area contributed by atoms with Crippen molar-refractivity contribution in [1.29, 1.82) is 0 Å². The Kier molecular flexibility index (Phi) is 10.3. The van der Waals surface area contributed by atoms with Crippen LogP contribution >= 0.6 is 0 Å². The van der Waals surface area contributed by atoms with Crippen LogP contribution in [0.2, 0.25) is 0 Å². The number of benzene rings is 1. The summed E-state index contributed by atoms with van der Waals surface area (Å²) in [6, 6.07) is 4.48. The molecule has 0 aliphatic heterocycles. The highest BCUT2D eigenvalue weighted by atomic mass is 16.6. The second kappa shape index (κ2) is 13.2. The fraction of sp³-hybridized carbons (Fsp3) is 0.440. The second-order valence-corrected chi connectivity index (χ2v) is 8.30. The van der Waals surface area contributed by atoms with Crippen LogP contribution in [0.4, 0.5) is 9.59 Å². The van der Waals surface area contributed by atoms with Crippen molar-refractivity contribution in [2.75, 3.05) is 34.3 Å². The molecule has 0 saturated carbocycles. The van der Waals surface area contributed by atoms with Gasteiger partial charge in [0, 0.05) is 40.5 Å². The van der Waals surface area contributed by atoms with Crippen LogP contribution in [0.25, 0.3) is 0 Å². The Hall–Kier alpha value is -4.02. The van der Waals surface area contributed by atoms with Crippen LogP contribution in [-0.2, 0) is 30.5 Å². The standard InChI is InChI=1S/C25H30N2O9/c1-16(28)35-15-17-8-11-23(36-25(33)27(3)13-12-26(2)24(32)34-4)19(14-17)20(29)7-5-6-18-21(30)9-10-22(18)31/h8-11,14,18H,5-7,12-13,15H2,1-4H3. The minimum Gasteiger partial charge on any atom is -0.461 e. The molecule has 2 rings (SSSR count). The van der Waals surface area contributed by atoms with Crippen LogP contribution < -0.4 is 4.74 Å². The number of methoxy groups -OCH3 is 1. The number of ketones is 3. The smallest absolute Gasteiger partial charge is 0.415 e. The predicted molar refractivity (Wildman–Crippen MR) is 126 cm³/mol. The Morgan fingerprint density at radius 1 is 0.944 bits per heavy atom. The van der Waals surface area contributed by atoms with Crippen LogP contribution in [0.1, 0.15) is 42.1 Å². The number of likely N-dealkylation sites (N-methyl/N-ethyl adjacent to an activating group) is 2. The van der Waals surface area contributed by atoms with Gasteiger partial charge in [0.05, 0.1) is 18.6 Å². The maximum atomic E-state index is 13.0. The summed E-state index contributed by atoms with van der Waals surface area (Å²) in [4.78, 5) is 74.3. The van der Waals surface area contributed by atoms with Crippen molar-refractivity contribution in [3.05, 3.63) is 41.5 Å². The summed E-state index contributed by atoms with van der Waals surface area (Å²) < 4.78 is 15.0. The van der Waals surface area contributed by atoms with E-state index in [-0.39, 0.29) is 67.6 Å².